The first kappa shape index (κ1) is 23.1. The number of benzene rings is 2. The van der Waals surface area contributed by atoms with Crippen LogP contribution < -0.4 is 9.64 Å². The summed E-state index contributed by atoms with van der Waals surface area (Å²) >= 11 is 5.96. The number of halogens is 1. The smallest absolute Gasteiger partial charge is 0.341 e. The van der Waals surface area contributed by atoms with Crippen LogP contribution in [0, 0.1) is 6.92 Å². The Hall–Kier alpha value is -3.12. The Morgan fingerprint density at radius 3 is 2.70 bits per heavy atom. The molecule has 0 N–H and O–H groups in total. The predicted molar refractivity (Wildman–Crippen MR) is 129 cm³/mol. The monoisotopic (exact) mass is 465 g/mol. The van der Waals surface area contributed by atoms with E-state index >= 15 is 0 Å². The van der Waals surface area contributed by atoms with E-state index in [-0.39, 0.29) is 6.04 Å². The molecule has 0 spiro atoms. The number of ether oxygens (including phenoxy) is 2. The molecule has 3 aromatic rings. The standard InChI is InChI=1S/C26H28ClN3O3/c1-18-6-3-4-7-19(18)9-14-24-23(25(31)32-2)16-28-26(29-24)30-15-5-8-21(30)17-33-22-12-10-20(27)11-13-22/h3-4,6-7,10-13,16,21H,5,8-9,14-15,17H2,1-2H3. The van der Waals surface area contributed by atoms with Gasteiger partial charge in [0.2, 0.25) is 5.95 Å². The first-order chi connectivity index (χ1) is 16.0. The zero-order valence-electron chi connectivity index (χ0n) is 19.0. The number of hydrogen-bond donors (Lipinski definition) is 0. The minimum absolute atomic E-state index is 0.161. The summed E-state index contributed by atoms with van der Waals surface area (Å²) in [5.74, 6) is 1.00. The van der Waals surface area contributed by atoms with E-state index in [1.54, 1.807) is 6.20 Å². The van der Waals surface area contributed by atoms with Gasteiger partial charge in [0, 0.05) is 17.8 Å². The molecule has 1 fully saturated rings. The van der Waals surface area contributed by atoms with Crippen molar-refractivity contribution in [1.29, 1.82) is 0 Å². The zero-order valence-corrected chi connectivity index (χ0v) is 19.7. The molecule has 6 nitrogen and oxygen atoms in total. The second kappa shape index (κ2) is 10.7. The van der Waals surface area contributed by atoms with Crippen LogP contribution >= 0.6 is 11.6 Å². The quantitative estimate of drug-likeness (QED) is 0.433. The fourth-order valence-electron chi connectivity index (χ4n) is 4.16. The number of esters is 1. The highest BCUT2D eigenvalue weighted by molar-refractivity contribution is 6.30. The molecule has 4 rings (SSSR count). The summed E-state index contributed by atoms with van der Waals surface area (Å²) in [6.45, 7) is 3.48. The zero-order chi connectivity index (χ0) is 23.2. The molecule has 7 heteroatoms. The Kier molecular flexibility index (Phi) is 7.45. The largest absolute Gasteiger partial charge is 0.491 e. The Bertz CT molecular complexity index is 1100. The van der Waals surface area contributed by atoms with E-state index in [4.69, 9.17) is 26.1 Å². The van der Waals surface area contributed by atoms with Gasteiger partial charge in [-0.2, -0.15) is 0 Å². The summed E-state index contributed by atoms with van der Waals surface area (Å²) in [5.41, 5.74) is 3.59. The Balaban J connectivity index is 1.52. The van der Waals surface area contributed by atoms with Crippen molar-refractivity contribution in [2.24, 2.45) is 0 Å². The van der Waals surface area contributed by atoms with Crippen LogP contribution in [-0.4, -0.2) is 42.2 Å². The number of aromatic nitrogens is 2. The highest BCUT2D eigenvalue weighted by Crippen LogP contribution is 2.25. The highest BCUT2D eigenvalue weighted by atomic mass is 35.5. The number of carbonyl (C=O) groups excluding carboxylic acids is 1. The summed E-state index contributed by atoms with van der Waals surface area (Å²) < 4.78 is 11.0. The van der Waals surface area contributed by atoms with Crippen molar-refractivity contribution >= 4 is 23.5 Å². The normalized spacial score (nSPS) is 15.5. The average molecular weight is 466 g/mol. The van der Waals surface area contributed by atoms with Gasteiger partial charge < -0.3 is 14.4 Å². The first-order valence-electron chi connectivity index (χ1n) is 11.2. The second-order valence-corrected chi connectivity index (χ2v) is 8.64. The summed E-state index contributed by atoms with van der Waals surface area (Å²) in [4.78, 5) is 23.9. The van der Waals surface area contributed by atoms with Crippen LogP contribution in [0.2, 0.25) is 5.02 Å². The van der Waals surface area contributed by atoms with Crippen molar-refractivity contribution in [2.75, 3.05) is 25.2 Å². The fourth-order valence-corrected chi connectivity index (χ4v) is 4.28. The third kappa shape index (κ3) is 5.63. The van der Waals surface area contributed by atoms with Crippen molar-refractivity contribution < 1.29 is 14.3 Å². The molecule has 2 heterocycles. The molecular formula is C26H28ClN3O3. The van der Waals surface area contributed by atoms with Crippen molar-refractivity contribution in [1.82, 2.24) is 9.97 Å². The lowest BCUT2D eigenvalue weighted by molar-refractivity contribution is 0.0598. The van der Waals surface area contributed by atoms with Gasteiger partial charge >= 0.3 is 5.97 Å². The second-order valence-electron chi connectivity index (χ2n) is 8.20. The van der Waals surface area contributed by atoms with Gasteiger partial charge in [-0.25, -0.2) is 14.8 Å². The third-order valence-corrected chi connectivity index (χ3v) is 6.29. The Labute approximate surface area is 199 Å². The summed E-state index contributed by atoms with van der Waals surface area (Å²) in [7, 11) is 1.38. The number of carbonyl (C=O) groups is 1. The van der Waals surface area contributed by atoms with Crippen molar-refractivity contribution in [3.63, 3.8) is 0 Å². The van der Waals surface area contributed by atoms with E-state index in [1.807, 2.05) is 36.4 Å². The maximum Gasteiger partial charge on any atom is 0.341 e. The number of methoxy groups -OCH3 is 1. The SMILES string of the molecule is COC(=O)c1cnc(N2CCCC2COc2ccc(Cl)cc2)nc1CCc1ccccc1C. The molecule has 1 aliphatic heterocycles. The van der Waals surface area contributed by atoms with Gasteiger partial charge in [0.05, 0.1) is 24.4 Å². The minimum Gasteiger partial charge on any atom is -0.491 e. The lowest BCUT2D eigenvalue weighted by Crippen LogP contribution is -2.35. The van der Waals surface area contributed by atoms with E-state index in [2.05, 4.69) is 28.9 Å². The van der Waals surface area contributed by atoms with Gasteiger partial charge in [0.1, 0.15) is 12.4 Å². The molecule has 33 heavy (non-hydrogen) atoms. The molecule has 0 aliphatic carbocycles. The number of anilines is 1. The number of aryl methyl sites for hydroxylation is 3. The molecule has 1 aliphatic rings. The van der Waals surface area contributed by atoms with E-state index in [9.17, 15) is 4.79 Å². The topological polar surface area (TPSA) is 64.5 Å². The molecule has 1 aromatic heterocycles. The minimum atomic E-state index is -0.412. The molecule has 0 saturated carbocycles. The summed E-state index contributed by atoms with van der Waals surface area (Å²) in [5, 5.41) is 0.683. The van der Waals surface area contributed by atoms with Crippen molar-refractivity contribution in [3.8, 4) is 5.75 Å². The van der Waals surface area contributed by atoms with Crippen LogP contribution in [0.4, 0.5) is 5.95 Å². The summed E-state index contributed by atoms with van der Waals surface area (Å²) in [6.07, 6.45) is 5.04. The van der Waals surface area contributed by atoms with Crippen molar-refractivity contribution in [3.05, 3.63) is 82.1 Å². The van der Waals surface area contributed by atoms with Gasteiger partial charge in [-0.15, -0.1) is 0 Å². The van der Waals surface area contributed by atoms with Crippen LogP contribution in [0.15, 0.2) is 54.7 Å². The number of nitrogens with zero attached hydrogens (tertiary/aromatic N) is 3. The molecule has 1 atom stereocenters. The average Bonchev–Trinajstić information content (AvgIpc) is 3.31. The van der Waals surface area contributed by atoms with Gasteiger partial charge in [-0.05, 0) is 68.0 Å². The Morgan fingerprint density at radius 2 is 1.94 bits per heavy atom. The van der Waals surface area contributed by atoms with Gasteiger partial charge in [0.15, 0.2) is 0 Å². The third-order valence-electron chi connectivity index (χ3n) is 6.04. The molecule has 0 radical (unpaired) electrons. The lowest BCUT2D eigenvalue weighted by Gasteiger charge is -2.25. The van der Waals surface area contributed by atoms with Crippen LogP contribution in [0.25, 0.3) is 0 Å². The number of hydrogen-bond acceptors (Lipinski definition) is 6. The number of rotatable bonds is 8. The highest BCUT2D eigenvalue weighted by Gasteiger charge is 2.28. The summed E-state index contributed by atoms with van der Waals surface area (Å²) in [6, 6.07) is 15.8. The van der Waals surface area contributed by atoms with Crippen molar-refractivity contribution in [2.45, 2.75) is 38.6 Å². The van der Waals surface area contributed by atoms with Crippen LogP contribution in [0.3, 0.4) is 0 Å². The van der Waals surface area contributed by atoms with E-state index in [1.165, 1.54) is 18.2 Å². The van der Waals surface area contributed by atoms with Gasteiger partial charge in [0.25, 0.3) is 0 Å². The van der Waals surface area contributed by atoms with Crippen LogP contribution in [0.1, 0.15) is 40.0 Å². The molecule has 1 saturated heterocycles. The van der Waals surface area contributed by atoms with E-state index in [0.29, 0.717) is 35.3 Å². The molecule has 0 bridgehead atoms. The molecule has 0 amide bonds. The lowest BCUT2D eigenvalue weighted by atomic mass is 10.0. The van der Waals surface area contributed by atoms with E-state index in [0.717, 1.165) is 31.6 Å². The van der Waals surface area contributed by atoms with E-state index < -0.39 is 5.97 Å². The van der Waals surface area contributed by atoms with Gasteiger partial charge in [-0.3, -0.25) is 0 Å². The molecule has 172 valence electrons. The van der Waals surface area contributed by atoms with Crippen LogP contribution in [-0.2, 0) is 17.6 Å². The molecular weight excluding hydrogens is 438 g/mol. The first-order valence-corrected chi connectivity index (χ1v) is 11.6. The van der Waals surface area contributed by atoms with Crippen LogP contribution in [0.5, 0.6) is 5.75 Å². The predicted octanol–water partition coefficient (Wildman–Crippen LogP) is 5.06. The maximum atomic E-state index is 12.3. The Morgan fingerprint density at radius 1 is 1.15 bits per heavy atom. The molecule has 1 unspecified atom stereocenters. The maximum absolute atomic E-state index is 12.3. The van der Waals surface area contributed by atoms with Gasteiger partial charge in [-0.1, -0.05) is 35.9 Å². The fraction of sp³-hybridized carbons (Fsp3) is 0.346. The molecule has 2 aromatic carbocycles.